The van der Waals surface area contributed by atoms with Gasteiger partial charge in [0.25, 0.3) is 0 Å². The third-order valence-electron chi connectivity index (χ3n) is 6.30. The van der Waals surface area contributed by atoms with Crippen LogP contribution in [0.1, 0.15) is 25.8 Å². The predicted octanol–water partition coefficient (Wildman–Crippen LogP) is 5.51. The molecule has 0 radical (unpaired) electrons. The molecule has 6 nitrogen and oxygen atoms in total. The lowest BCUT2D eigenvalue weighted by Gasteiger charge is -2.35. The summed E-state index contributed by atoms with van der Waals surface area (Å²) in [7, 11) is 0. The highest BCUT2D eigenvalue weighted by atomic mass is 79.9. The average Bonchev–Trinajstić information content (AvgIpc) is 2.74. The number of phenols is 1. The average molecular weight is 510 g/mol. The van der Waals surface area contributed by atoms with E-state index in [-0.39, 0.29) is 11.3 Å². The zero-order valence-corrected chi connectivity index (χ0v) is 20.0. The number of benzene rings is 2. The molecule has 33 heavy (non-hydrogen) atoms. The van der Waals surface area contributed by atoms with Crippen LogP contribution in [0.15, 0.2) is 65.4 Å². The molecule has 5 rings (SSSR count). The highest BCUT2D eigenvalue weighted by Gasteiger charge is 2.25. The molecule has 1 N–H and O–H groups in total. The van der Waals surface area contributed by atoms with Crippen molar-refractivity contribution in [1.29, 1.82) is 0 Å². The van der Waals surface area contributed by atoms with Gasteiger partial charge in [0.05, 0.1) is 11.1 Å². The van der Waals surface area contributed by atoms with Crippen LogP contribution in [0.3, 0.4) is 0 Å². The molecule has 7 heteroatoms. The van der Waals surface area contributed by atoms with Crippen LogP contribution in [0.4, 0.5) is 0 Å². The molecule has 0 amide bonds. The number of rotatable bonds is 3. The maximum Gasteiger partial charge on any atom is 0.344 e. The van der Waals surface area contributed by atoms with Crippen molar-refractivity contribution < 1.29 is 13.9 Å². The minimum absolute atomic E-state index is 0.0724. The smallest absolute Gasteiger partial charge is 0.344 e. The Morgan fingerprint density at radius 3 is 2.52 bits per heavy atom. The monoisotopic (exact) mass is 509 g/mol. The van der Waals surface area contributed by atoms with Crippen molar-refractivity contribution in [1.82, 2.24) is 4.90 Å². The molecule has 1 fully saturated rings. The molecular formula is C26H24BrNO5. The first-order chi connectivity index (χ1) is 15.8. The van der Waals surface area contributed by atoms with E-state index in [0.29, 0.717) is 46.1 Å². The second-order valence-electron chi connectivity index (χ2n) is 9.19. The minimum Gasteiger partial charge on any atom is -0.507 e. The number of piperidine rings is 1. The van der Waals surface area contributed by atoms with E-state index in [9.17, 15) is 14.7 Å². The lowest BCUT2D eigenvalue weighted by molar-refractivity contribution is 0.133. The molecule has 1 saturated heterocycles. The van der Waals surface area contributed by atoms with E-state index >= 15 is 0 Å². The highest BCUT2D eigenvalue weighted by molar-refractivity contribution is 9.10. The van der Waals surface area contributed by atoms with E-state index in [0.717, 1.165) is 22.9 Å². The van der Waals surface area contributed by atoms with Crippen LogP contribution >= 0.6 is 15.9 Å². The Kier molecular flexibility index (Phi) is 5.62. The second-order valence-corrected chi connectivity index (χ2v) is 10.1. The van der Waals surface area contributed by atoms with Crippen LogP contribution in [0.2, 0.25) is 0 Å². The Morgan fingerprint density at radius 2 is 1.76 bits per heavy atom. The lowest BCUT2D eigenvalue weighted by atomic mass is 9.91. The molecule has 1 aliphatic rings. The molecular weight excluding hydrogens is 486 g/mol. The van der Waals surface area contributed by atoms with Crippen molar-refractivity contribution in [2.24, 2.45) is 11.8 Å². The van der Waals surface area contributed by atoms with Crippen molar-refractivity contribution in [2.75, 3.05) is 13.1 Å². The summed E-state index contributed by atoms with van der Waals surface area (Å²) < 4.78 is 12.0. The summed E-state index contributed by atoms with van der Waals surface area (Å²) in [5.41, 5.74) is 0.904. The van der Waals surface area contributed by atoms with Gasteiger partial charge in [-0.2, -0.15) is 0 Å². The van der Waals surface area contributed by atoms with Crippen molar-refractivity contribution in [3.63, 3.8) is 0 Å². The van der Waals surface area contributed by atoms with Gasteiger partial charge in [0.15, 0.2) is 0 Å². The maximum absolute atomic E-state index is 12.8. The normalized spacial score (nSPS) is 19.4. The Balaban J connectivity index is 1.68. The fourth-order valence-electron chi connectivity index (χ4n) is 5.07. The van der Waals surface area contributed by atoms with Gasteiger partial charge in [0.2, 0.25) is 0 Å². The topological polar surface area (TPSA) is 83.9 Å². The van der Waals surface area contributed by atoms with Crippen molar-refractivity contribution in [3.8, 4) is 16.9 Å². The van der Waals surface area contributed by atoms with Gasteiger partial charge < -0.3 is 13.9 Å². The number of hydrogen-bond acceptors (Lipinski definition) is 6. The number of fused-ring (bicyclic) bond motifs is 2. The van der Waals surface area contributed by atoms with Crippen LogP contribution in [-0.4, -0.2) is 23.1 Å². The number of halogens is 1. The predicted molar refractivity (Wildman–Crippen MR) is 132 cm³/mol. The highest BCUT2D eigenvalue weighted by Crippen LogP contribution is 2.35. The fourth-order valence-corrected chi connectivity index (χ4v) is 5.45. The molecule has 0 aliphatic carbocycles. The molecule has 1 aliphatic heterocycles. The van der Waals surface area contributed by atoms with Crippen molar-refractivity contribution in [2.45, 2.75) is 26.8 Å². The minimum atomic E-state index is -0.585. The molecule has 2 unspecified atom stereocenters. The lowest BCUT2D eigenvalue weighted by Crippen LogP contribution is -2.38. The summed E-state index contributed by atoms with van der Waals surface area (Å²) >= 11 is 3.44. The van der Waals surface area contributed by atoms with Crippen LogP contribution in [-0.2, 0) is 6.54 Å². The first-order valence-electron chi connectivity index (χ1n) is 11.0. The zero-order chi connectivity index (χ0) is 23.3. The van der Waals surface area contributed by atoms with E-state index in [1.54, 1.807) is 30.3 Å². The van der Waals surface area contributed by atoms with Gasteiger partial charge in [-0.15, -0.1) is 0 Å². The van der Waals surface area contributed by atoms with Crippen molar-refractivity contribution >= 4 is 37.9 Å². The quantitative estimate of drug-likeness (QED) is 0.366. The van der Waals surface area contributed by atoms with E-state index in [1.807, 2.05) is 6.07 Å². The number of likely N-dealkylation sites (tertiary alicyclic amines) is 1. The summed E-state index contributed by atoms with van der Waals surface area (Å²) in [5.74, 6) is 1.17. The summed E-state index contributed by atoms with van der Waals surface area (Å²) in [5, 5.41) is 12.0. The number of phenolic OH excluding ortho intramolecular Hbond substituents is 1. The number of nitrogens with zero attached hydrogens (tertiary/aromatic N) is 1. The SMILES string of the molecule is CC1CC(C)CN(Cc2c(O)ccc3c(-c4cc5cc(Br)ccc5oc4=O)cc(=O)oc23)C1. The van der Waals surface area contributed by atoms with E-state index < -0.39 is 11.3 Å². The molecule has 2 aromatic heterocycles. The van der Waals surface area contributed by atoms with Crippen LogP contribution < -0.4 is 11.3 Å². The molecule has 4 aromatic rings. The molecule has 170 valence electrons. The summed E-state index contributed by atoms with van der Waals surface area (Å²) in [6.45, 7) is 6.73. The summed E-state index contributed by atoms with van der Waals surface area (Å²) in [6.07, 6.45) is 1.17. The first kappa shape index (κ1) is 21.9. The molecule has 0 bridgehead atoms. The third kappa shape index (κ3) is 4.23. The van der Waals surface area contributed by atoms with Crippen molar-refractivity contribution in [3.05, 3.63) is 73.3 Å². The first-order valence-corrected chi connectivity index (χ1v) is 11.8. The van der Waals surface area contributed by atoms with Gasteiger partial charge >= 0.3 is 11.3 Å². The Bertz CT molecular complexity index is 1480. The van der Waals surface area contributed by atoms with Gasteiger partial charge in [-0.1, -0.05) is 29.8 Å². The van der Waals surface area contributed by atoms with Gasteiger partial charge in [-0.3, -0.25) is 4.90 Å². The van der Waals surface area contributed by atoms with E-state index in [2.05, 4.69) is 34.7 Å². The van der Waals surface area contributed by atoms with Gasteiger partial charge in [0.1, 0.15) is 16.9 Å². The molecule has 2 aromatic carbocycles. The van der Waals surface area contributed by atoms with Crippen LogP contribution in [0.5, 0.6) is 5.75 Å². The number of aromatic hydroxyl groups is 1. The zero-order valence-electron chi connectivity index (χ0n) is 18.4. The molecule has 0 spiro atoms. The van der Waals surface area contributed by atoms with Crippen LogP contribution in [0.25, 0.3) is 33.1 Å². The summed E-state index contributed by atoms with van der Waals surface area (Å²) in [6, 6.07) is 11.7. The molecule has 3 heterocycles. The van der Waals surface area contributed by atoms with Gasteiger partial charge in [0, 0.05) is 46.5 Å². The number of hydrogen-bond donors (Lipinski definition) is 1. The van der Waals surface area contributed by atoms with E-state index in [4.69, 9.17) is 8.83 Å². The standard InChI is InChI=1S/C26H24BrNO5/c1-14-7-15(2)12-28(11-14)13-21-22(29)5-4-18-19(10-24(30)33-25(18)21)20-9-16-8-17(27)3-6-23(16)32-26(20)31/h3-6,8-10,14-15,29H,7,11-13H2,1-2H3. The van der Waals surface area contributed by atoms with E-state index in [1.165, 1.54) is 12.5 Å². The molecule has 2 atom stereocenters. The Hall–Kier alpha value is -2.90. The van der Waals surface area contributed by atoms with Crippen LogP contribution in [0, 0.1) is 11.8 Å². The second kappa shape index (κ2) is 8.47. The van der Waals surface area contributed by atoms with Gasteiger partial charge in [-0.25, -0.2) is 9.59 Å². The third-order valence-corrected chi connectivity index (χ3v) is 6.79. The molecule has 0 saturated carbocycles. The summed E-state index contributed by atoms with van der Waals surface area (Å²) in [4.78, 5) is 27.7. The largest absolute Gasteiger partial charge is 0.507 e. The Labute approximate surface area is 198 Å². The fraction of sp³-hybridized carbons (Fsp3) is 0.308. The Morgan fingerprint density at radius 1 is 1.00 bits per heavy atom. The maximum atomic E-state index is 12.8. The van der Waals surface area contributed by atoms with Gasteiger partial charge in [-0.05, 0) is 54.7 Å².